The molecule has 6 heteroatoms. The van der Waals surface area contributed by atoms with E-state index in [4.69, 9.17) is 5.10 Å². The number of carbonyl (C=O) groups excluding carboxylic acids is 2. The fourth-order valence-electron chi connectivity index (χ4n) is 3.47. The molecule has 0 aliphatic rings. The van der Waals surface area contributed by atoms with E-state index in [-0.39, 0.29) is 11.8 Å². The van der Waals surface area contributed by atoms with Crippen molar-refractivity contribution in [3.05, 3.63) is 108 Å². The van der Waals surface area contributed by atoms with Crippen molar-refractivity contribution < 1.29 is 9.59 Å². The first kappa shape index (κ1) is 21.1. The Hall–Kier alpha value is -4.19. The standard InChI is InChI=1S/C26H24N4O2/c1-19(31)28-24-14-12-22(13-15-24)26(32)27-16-23-18-30(17-20-8-4-2-5-9-20)29-25(23)21-10-6-3-7-11-21/h2-15,18H,16-17H2,1H3,(H,27,32)(H,28,31). The molecule has 0 radical (unpaired) electrons. The molecule has 0 aliphatic heterocycles. The smallest absolute Gasteiger partial charge is 0.251 e. The lowest BCUT2D eigenvalue weighted by Gasteiger charge is -2.07. The molecule has 4 rings (SSSR count). The van der Waals surface area contributed by atoms with Gasteiger partial charge < -0.3 is 10.6 Å². The lowest BCUT2D eigenvalue weighted by molar-refractivity contribution is -0.114. The Bertz CT molecular complexity index is 1200. The van der Waals surface area contributed by atoms with Gasteiger partial charge in [0.15, 0.2) is 0 Å². The predicted molar refractivity (Wildman–Crippen MR) is 125 cm³/mol. The molecule has 0 saturated heterocycles. The predicted octanol–water partition coefficient (Wildman–Crippen LogP) is 4.49. The minimum Gasteiger partial charge on any atom is -0.348 e. The summed E-state index contributed by atoms with van der Waals surface area (Å²) in [4.78, 5) is 23.8. The Morgan fingerprint density at radius 1 is 0.875 bits per heavy atom. The van der Waals surface area contributed by atoms with Crippen molar-refractivity contribution >= 4 is 17.5 Å². The first-order chi connectivity index (χ1) is 15.6. The average molecular weight is 425 g/mol. The molecular formula is C26H24N4O2. The summed E-state index contributed by atoms with van der Waals surface area (Å²) in [6.45, 7) is 2.45. The monoisotopic (exact) mass is 424 g/mol. The Morgan fingerprint density at radius 2 is 1.53 bits per heavy atom. The van der Waals surface area contributed by atoms with E-state index in [2.05, 4.69) is 22.8 Å². The van der Waals surface area contributed by atoms with Crippen LogP contribution >= 0.6 is 0 Å². The van der Waals surface area contributed by atoms with Gasteiger partial charge in [0.25, 0.3) is 5.91 Å². The van der Waals surface area contributed by atoms with E-state index in [0.29, 0.717) is 24.3 Å². The van der Waals surface area contributed by atoms with Crippen LogP contribution in [0.1, 0.15) is 28.4 Å². The Morgan fingerprint density at radius 3 is 2.19 bits per heavy atom. The fourth-order valence-corrected chi connectivity index (χ4v) is 3.47. The molecule has 1 heterocycles. The van der Waals surface area contributed by atoms with Gasteiger partial charge in [-0.05, 0) is 29.8 Å². The highest BCUT2D eigenvalue weighted by Gasteiger charge is 2.13. The van der Waals surface area contributed by atoms with E-state index in [0.717, 1.165) is 22.4 Å². The van der Waals surface area contributed by atoms with E-state index in [9.17, 15) is 9.59 Å². The van der Waals surface area contributed by atoms with Crippen LogP contribution in [-0.2, 0) is 17.9 Å². The van der Waals surface area contributed by atoms with Crippen LogP contribution in [0.5, 0.6) is 0 Å². The normalized spacial score (nSPS) is 10.5. The maximum Gasteiger partial charge on any atom is 0.251 e. The maximum atomic E-state index is 12.7. The number of rotatable bonds is 7. The fraction of sp³-hybridized carbons (Fsp3) is 0.115. The lowest BCUT2D eigenvalue weighted by atomic mass is 10.1. The summed E-state index contributed by atoms with van der Waals surface area (Å²) in [6, 6.07) is 26.9. The number of hydrogen-bond acceptors (Lipinski definition) is 3. The lowest BCUT2D eigenvalue weighted by Crippen LogP contribution is -2.22. The molecule has 0 bridgehead atoms. The molecule has 4 aromatic rings. The highest BCUT2D eigenvalue weighted by atomic mass is 16.2. The molecule has 1 aromatic heterocycles. The average Bonchev–Trinajstić information content (AvgIpc) is 3.21. The second-order valence-electron chi connectivity index (χ2n) is 7.49. The molecule has 0 aliphatic carbocycles. The summed E-state index contributed by atoms with van der Waals surface area (Å²) in [7, 11) is 0. The third-order valence-electron chi connectivity index (χ3n) is 4.98. The van der Waals surface area contributed by atoms with Gasteiger partial charge in [0.1, 0.15) is 0 Å². The van der Waals surface area contributed by atoms with Crippen molar-refractivity contribution in [1.82, 2.24) is 15.1 Å². The van der Waals surface area contributed by atoms with Crippen LogP contribution in [0.3, 0.4) is 0 Å². The van der Waals surface area contributed by atoms with Crippen LogP contribution in [0.4, 0.5) is 5.69 Å². The second kappa shape index (κ2) is 9.75. The van der Waals surface area contributed by atoms with Gasteiger partial charge in [-0.3, -0.25) is 14.3 Å². The summed E-state index contributed by atoms with van der Waals surface area (Å²) in [5.41, 5.74) is 5.13. The maximum absolute atomic E-state index is 12.7. The van der Waals surface area contributed by atoms with Crippen molar-refractivity contribution in [1.29, 1.82) is 0 Å². The molecule has 2 N–H and O–H groups in total. The molecule has 0 saturated carbocycles. The van der Waals surface area contributed by atoms with Crippen LogP contribution in [-0.4, -0.2) is 21.6 Å². The first-order valence-corrected chi connectivity index (χ1v) is 10.4. The summed E-state index contributed by atoms with van der Waals surface area (Å²) in [6.07, 6.45) is 1.98. The minimum absolute atomic E-state index is 0.150. The van der Waals surface area contributed by atoms with Crippen molar-refractivity contribution in [2.75, 3.05) is 5.32 Å². The largest absolute Gasteiger partial charge is 0.348 e. The van der Waals surface area contributed by atoms with Crippen LogP contribution in [0.15, 0.2) is 91.1 Å². The third kappa shape index (κ3) is 5.29. The molecule has 3 aromatic carbocycles. The number of nitrogens with one attached hydrogen (secondary N) is 2. The Balaban J connectivity index is 1.51. The highest BCUT2D eigenvalue weighted by Crippen LogP contribution is 2.22. The number of carbonyl (C=O) groups is 2. The topological polar surface area (TPSA) is 76.0 Å². The van der Waals surface area contributed by atoms with Crippen LogP contribution < -0.4 is 10.6 Å². The molecule has 32 heavy (non-hydrogen) atoms. The molecule has 160 valence electrons. The van der Waals surface area contributed by atoms with Gasteiger partial charge in [0.05, 0.1) is 12.2 Å². The summed E-state index contributed by atoms with van der Waals surface area (Å²) >= 11 is 0. The molecule has 0 spiro atoms. The van der Waals surface area contributed by atoms with Crippen molar-refractivity contribution in [3.63, 3.8) is 0 Å². The van der Waals surface area contributed by atoms with Gasteiger partial charge in [-0.15, -0.1) is 0 Å². The number of nitrogens with zero attached hydrogens (tertiary/aromatic N) is 2. The number of anilines is 1. The van der Waals surface area contributed by atoms with Crippen molar-refractivity contribution in [3.8, 4) is 11.3 Å². The van der Waals surface area contributed by atoms with E-state index in [1.807, 2.05) is 59.4 Å². The van der Waals surface area contributed by atoms with Crippen LogP contribution in [0.2, 0.25) is 0 Å². The zero-order valence-corrected chi connectivity index (χ0v) is 17.8. The summed E-state index contributed by atoms with van der Waals surface area (Å²) in [5, 5.41) is 10.5. The van der Waals surface area contributed by atoms with Crippen molar-refractivity contribution in [2.24, 2.45) is 0 Å². The van der Waals surface area contributed by atoms with Gasteiger partial charge in [-0.25, -0.2) is 0 Å². The van der Waals surface area contributed by atoms with E-state index in [1.54, 1.807) is 24.3 Å². The molecule has 0 atom stereocenters. The SMILES string of the molecule is CC(=O)Nc1ccc(C(=O)NCc2cn(Cc3ccccc3)nc2-c2ccccc2)cc1. The van der Waals surface area contributed by atoms with Crippen molar-refractivity contribution in [2.45, 2.75) is 20.0 Å². The number of aromatic nitrogens is 2. The Kier molecular flexibility index (Phi) is 6.41. The van der Waals surface area contributed by atoms with E-state index < -0.39 is 0 Å². The van der Waals surface area contributed by atoms with Gasteiger partial charge >= 0.3 is 0 Å². The van der Waals surface area contributed by atoms with Crippen LogP contribution in [0.25, 0.3) is 11.3 Å². The number of amides is 2. The summed E-state index contributed by atoms with van der Waals surface area (Å²) < 4.78 is 1.90. The van der Waals surface area contributed by atoms with Gasteiger partial charge in [0, 0.05) is 42.0 Å². The number of benzene rings is 3. The zero-order chi connectivity index (χ0) is 22.3. The number of hydrogen-bond donors (Lipinski definition) is 2. The highest BCUT2D eigenvalue weighted by molar-refractivity contribution is 5.95. The quantitative estimate of drug-likeness (QED) is 0.459. The van der Waals surface area contributed by atoms with Gasteiger partial charge in [-0.1, -0.05) is 60.7 Å². The minimum atomic E-state index is -0.186. The molecular weight excluding hydrogens is 400 g/mol. The van der Waals surface area contributed by atoms with E-state index >= 15 is 0 Å². The van der Waals surface area contributed by atoms with E-state index in [1.165, 1.54) is 6.92 Å². The first-order valence-electron chi connectivity index (χ1n) is 10.4. The third-order valence-corrected chi connectivity index (χ3v) is 4.98. The molecule has 0 unspecified atom stereocenters. The zero-order valence-electron chi connectivity index (χ0n) is 17.8. The van der Waals surface area contributed by atoms with Gasteiger partial charge in [0.2, 0.25) is 5.91 Å². The molecule has 0 fully saturated rings. The second-order valence-corrected chi connectivity index (χ2v) is 7.49. The van der Waals surface area contributed by atoms with Crippen LogP contribution in [0, 0.1) is 0 Å². The Labute approximate surface area is 186 Å². The molecule has 2 amide bonds. The van der Waals surface area contributed by atoms with Gasteiger partial charge in [-0.2, -0.15) is 5.10 Å². The molecule has 6 nitrogen and oxygen atoms in total. The summed E-state index contributed by atoms with van der Waals surface area (Å²) in [5.74, 6) is -0.336.